The Labute approximate surface area is 199 Å². The van der Waals surface area contributed by atoms with E-state index in [1.807, 2.05) is 19.1 Å². The molecule has 1 aliphatic rings. The van der Waals surface area contributed by atoms with Crippen molar-refractivity contribution in [3.05, 3.63) is 12.2 Å². The predicted molar refractivity (Wildman–Crippen MR) is 128 cm³/mol. The van der Waals surface area contributed by atoms with E-state index in [0.717, 1.165) is 12.8 Å². The molecule has 0 radical (unpaired) electrons. The van der Waals surface area contributed by atoms with Crippen molar-refractivity contribution < 1.29 is 29.0 Å². The topological polar surface area (TPSA) is 105 Å². The summed E-state index contributed by atoms with van der Waals surface area (Å²) in [6, 6.07) is -1.03. The number of nitrogens with one attached hydrogen (secondary N) is 1. The third kappa shape index (κ3) is 9.74. The minimum absolute atomic E-state index is 0.0482. The van der Waals surface area contributed by atoms with Crippen molar-refractivity contribution in [3.8, 4) is 0 Å². The highest BCUT2D eigenvalue weighted by Gasteiger charge is 2.49. The number of amides is 2. The van der Waals surface area contributed by atoms with Gasteiger partial charge in [-0.05, 0) is 79.6 Å². The van der Waals surface area contributed by atoms with Crippen LogP contribution in [0.25, 0.3) is 0 Å². The van der Waals surface area contributed by atoms with Crippen molar-refractivity contribution in [3.63, 3.8) is 0 Å². The minimum Gasteiger partial charge on any atom is -0.458 e. The van der Waals surface area contributed by atoms with Crippen molar-refractivity contribution in [1.82, 2.24) is 10.2 Å². The number of likely N-dealkylation sites (tertiary alicyclic amines) is 1. The lowest BCUT2D eigenvalue weighted by Gasteiger charge is -2.35. The normalized spacial score (nSPS) is 22.3. The standard InChI is InChI=1S/C25H44N2O6/c1-9-11-17(15-26-21(29)16-28)13-19-18(12-10-2)14-20(22(30)32-24(3,4)5)27(19)23(31)33-25(6,7)8/h10,12,17-20,28H,9,11,13-16H2,1-8H3,(H,26,29)/t17?,18-,19-,20-/m1/s1. The van der Waals surface area contributed by atoms with Gasteiger partial charge in [-0.3, -0.25) is 9.69 Å². The molecule has 0 saturated carbocycles. The number of ether oxygens (including phenoxy) is 2. The van der Waals surface area contributed by atoms with Gasteiger partial charge in [-0.25, -0.2) is 9.59 Å². The molecule has 8 nitrogen and oxygen atoms in total. The highest BCUT2D eigenvalue weighted by Crippen LogP contribution is 2.38. The van der Waals surface area contributed by atoms with E-state index in [2.05, 4.69) is 12.2 Å². The van der Waals surface area contributed by atoms with E-state index in [9.17, 15) is 14.4 Å². The second kappa shape index (κ2) is 12.4. The fraction of sp³-hybridized carbons (Fsp3) is 0.800. The molecule has 0 aromatic heterocycles. The van der Waals surface area contributed by atoms with E-state index < -0.39 is 41.8 Å². The Balaban J connectivity index is 3.30. The molecule has 1 unspecified atom stereocenters. The van der Waals surface area contributed by atoms with Crippen LogP contribution in [-0.2, 0) is 19.1 Å². The Bertz CT molecular complexity index is 692. The van der Waals surface area contributed by atoms with Gasteiger partial charge in [0.1, 0.15) is 23.9 Å². The van der Waals surface area contributed by atoms with Crippen LogP contribution in [0, 0.1) is 11.8 Å². The second-order valence-corrected chi connectivity index (χ2v) is 10.8. The summed E-state index contributed by atoms with van der Waals surface area (Å²) in [6.45, 7) is 14.6. The van der Waals surface area contributed by atoms with Gasteiger partial charge in [-0.2, -0.15) is 0 Å². The molecule has 1 aliphatic heterocycles. The van der Waals surface area contributed by atoms with E-state index in [1.165, 1.54) is 0 Å². The van der Waals surface area contributed by atoms with Crippen LogP contribution < -0.4 is 5.32 Å². The van der Waals surface area contributed by atoms with Crippen molar-refractivity contribution >= 4 is 18.0 Å². The number of hydrogen-bond donors (Lipinski definition) is 2. The molecular formula is C25H44N2O6. The number of aliphatic hydroxyl groups is 1. The van der Waals surface area contributed by atoms with Crippen LogP contribution in [0.15, 0.2) is 12.2 Å². The molecular weight excluding hydrogens is 424 g/mol. The molecule has 0 bridgehead atoms. The van der Waals surface area contributed by atoms with Gasteiger partial charge in [0.25, 0.3) is 0 Å². The Morgan fingerprint density at radius 3 is 2.21 bits per heavy atom. The molecule has 2 N–H and O–H groups in total. The van der Waals surface area contributed by atoms with Crippen molar-refractivity contribution in [1.29, 1.82) is 0 Å². The number of allylic oxidation sites excluding steroid dienone is 1. The van der Waals surface area contributed by atoms with E-state index >= 15 is 0 Å². The van der Waals surface area contributed by atoms with Crippen LogP contribution in [0.1, 0.15) is 81.1 Å². The summed E-state index contributed by atoms with van der Waals surface area (Å²) in [7, 11) is 0. The van der Waals surface area contributed by atoms with Crippen LogP contribution in [-0.4, -0.2) is 64.4 Å². The van der Waals surface area contributed by atoms with Gasteiger partial charge in [0.15, 0.2) is 0 Å². The number of carbonyl (C=O) groups is 3. The lowest BCUT2D eigenvalue weighted by atomic mass is 9.88. The molecule has 1 saturated heterocycles. The zero-order chi connectivity index (χ0) is 25.4. The predicted octanol–water partition coefficient (Wildman–Crippen LogP) is 3.81. The van der Waals surface area contributed by atoms with E-state index in [0.29, 0.717) is 19.4 Å². The Hall–Kier alpha value is -2.09. The average molecular weight is 469 g/mol. The van der Waals surface area contributed by atoms with E-state index in [4.69, 9.17) is 14.6 Å². The van der Waals surface area contributed by atoms with Crippen LogP contribution in [0.2, 0.25) is 0 Å². The van der Waals surface area contributed by atoms with Gasteiger partial charge in [0.05, 0.1) is 0 Å². The van der Waals surface area contributed by atoms with Gasteiger partial charge in [0, 0.05) is 12.6 Å². The molecule has 1 heterocycles. The monoisotopic (exact) mass is 468 g/mol. The van der Waals surface area contributed by atoms with E-state index in [1.54, 1.807) is 46.4 Å². The first-order valence-corrected chi connectivity index (χ1v) is 12.0. The Morgan fingerprint density at radius 2 is 1.73 bits per heavy atom. The summed E-state index contributed by atoms with van der Waals surface area (Å²) in [5, 5.41) is 11.8. The number of rotatable bonds is 9. The first-order valence-electron chi connectivity index (χ1n) is 12.0. The Kier molecular flexibility index (Phi) is 10.9. The quantitative estimate of drug-likeness (QED) is 0.394. The average Bonchev–Trinajstić information content (AvgIpc) is 3.02. The summed E-state index contributed by atoms with van der Waals surface area (Å²) < 4.78 is 11.4. The second-order valence-electron chi connectivity index (χ2n) is 10.8. The minimum atomic E-state index is -0.750. The van der Waals surface area contributed by atoms with Crippen LogP contribution in [0.3, 0.4) is 0 Å². The van der Waals surface area contributed by atoms with Crippen molar-refractivity contribution in [2.24, 2.45) is 11.8 Å². The fourth-order valence-corrected chi connectivity index (χ4v) is 4.23. The SMILES string of the molecule is CC=C[C@@H]1C[C@H](C(=O)OC(C)(C)C)N(C(=O)OC(C)(C)C)[C@@H]1CC(CCC)CNC(=O)CO. The first kappa shape index (κ1) is 28.9. The molecule has 190 valence electrons. The summed E-state index contributed by atoms with van der Waals surface area (Å²) >= 11 is 0. The third-order valence-electron chi connectivity index (χ3n) is 5.41. The summed E-state index contributed by atoms with van der Waals surface area (Å²) in [5.74, 6) is -0.840. The number of aliphatic hydroxyl groups excluding tert-OH is 1. The number of nitrogens with zero attached hydrogens (tertiary/aromatic N) is 1. The molecule has 33 heavy (non-hydrogen) atoms. The maximum absolute atomic E-state index is 13.3. The lowest BCUT2D eigenvalue weighted by molar-refractivity contribution is -0.160. The van der Waals surface area contributed by atoms with Crippen LogP contribution >= 0.6 is 0 Å². The molecule has 0 spiro atoms. The molecule has 2 amide bonds. The molecule has 0 aromatic carbocycles. The van der Waals surface area contributed by atoms with Crippen LogP contribution in [0.5, 0.6) is 0 Å². The summed E-state index contributed by atoms with van der Waals surface area (Å²) in [5.41, 5.74) is -1.39. The highest BCUT2D eigenvalue weighted by atomic mass is 16.6. The maximum atomic E-state index is 13.3. The molecule has 0 aliphatic carbocycles. The molecule has 8 heteroatoms. The maximum Gasteiger partial charge on any atom is 0.411 e. The van der Waals surface area contributed by atoms with Gasteiger partial charge < -0.3 is 19.9 Å². The van der Waals surface area contributed by atoms with Gasteiger partial charge in [-0.1, -0.05) is 25.5 Å². The first-order chi connectivity index (χ1) is 15.2. The van der Waals surface area contributed by atoms with Crippen molar-refractivity contribution in [2.75, 3.05) is 13.2 Å². The summed E-state index contributed by atoms with van der Waals surface area (Å²) in [4.78, 5) is 39.6. The number of hydrogen-bond acceptors (Lipinski definition) is 6. The van der Waals surface area contributed by atoms with Gasteiger partial charge >= 0.3 is 12.1 Å². The fourth-order valence-electron chi connectivity index (χ4n) is 4.23. The Morgan fingerprint density at radius 1 is 1.12 bits per heavy atom. The molecule has 4 atom stereocenters. The number of esters is 1. The smallest absolute Gasteiger partial charge is 0.411 e. The third-order valence-corrected chi connectivity index (χ3v) is 5.41. The van der Waals surface area contributed by atoms with Crippen LogP contribution in [0.4, 0.5) is 4.79 Å². The molecule has 1 rings (SSSR count). The van der Waals surface area contributed by atoms with Crippen molar-refractivity contribution in [2.45, 2.75) is 104 Å². The zero-order valence-corrected chi connectivity index (χ0v) is 21.6. The zero-order valence-electron chi connectivity index (χ0n) is 21.6. The molecule has 1 fully saturated rings. The van der Waals surface area contributed by atoms with Gasteiger partial charge in [0.2, 0.25) is 5.91 Å². The van der Waals surface area contributed by atoms with Gasteiger partial charge in [-0.15, -0.1) is 0 Å². The highest BCUT2D eigenvalue weighted by molar-refractivity contribution is 5.83. The molecule has 0 aromatic rings. The summed E-state index contributed by atoms with van der Waals surface area (Å²) in [6.07, 6.45) is 6.21. The van der Waals surface area contributed by atoms with E-state index in [-0.39, 0.29) is 17.9 Å². The lowest BCUT2D eigenvalue weighted by Crippen LogP contribution is -2.50. The number of carbonyl (C=O) groups excluding carboxylic acids is 3. The largest absolute Gasteiger partial charge is 0.458 e.